The lowest BCUT2D eigenvalue weighted by atomic mass is 9.82. The highest BCUT2D eigenvalue weighted by Gasteiger charge is 2.29. The number of carbonyl (C=O) groups is 2. The van der Waals surface area contributed by atoms with E-state index in [4.69, 9.17) is 4.74 Å². The fourth-order valence-electron chi connectivity index (χ4n) is 4.09. The van der Waals surface area contributed by atoms with Gasteiger partial charge in [0.05, 0.1) is 5.56 Å². The number of carbonyl (C=O) groups excluding carboxylic acids is 1. The Hall–Kier alpha value is -2.83. The zero-order valence-corrected chi connectivity index (χ0v) is 17.9. The number of aromatic carboxylic acids is 1. The second-order valence-corrected chi connectivity index (χ2v) is 8.97. The highest BCUT2D eigenvalue weighted by atomic mass is 16.6. The molecule has 1 unspecified atom stereocenters. The Balaban J connectivity index is 1.86. The van der Waals surface area contributed by atoms with Crippen molar-refractivity contribution in [3.63, 3.8) is 0 Å². The summed E-state index contributed by atoms with van der Waals surface area (Å²) < 4.78 is 5.47. The molecule has 0 aliphatic heterocycles. The lowest BCUT2D eigenvalue weighted by Crippen LogP contribution is -2.45. The van der Waals surface area contributed by atoms with Crippen molar-refractivity contribution in [3.05, 3.63) is 41.9 Å². The maximum atomic E-state index is 12.5. The van der Waals surface area contributed by atoms with Crippen LogP contribution in [-0.2, 0) is 11.2 Å². The first-order valence-corrected chi connectivity index (χ1v) is 10.6. The second kappa shape index (κ2) is 9.32. The summed E-state index contributed by atoms with van der Waals surface area (Å²) in [5.41, 5.74) is 1.85. The zero-order chi connectivity index (χ0) is 21.7. The van der Waals surface area contributed by atoms with Crippen molar-refractivity contribution in [2.45, 2.75) is 70.9 Å². The minimum atomic E-state index is -0.985. The molecule has 1 saturated carbocycles. The number of amides is 1. The fourth-order valence-corrected chi connectivity index (χ4v) is 4.09. The average molecular weight is 414 g/mol. The quantitative estimate of drug-likeness (QED) is 0.631. The van der Waals surface area contributed by atoms with Crippen molar-refractivity contribution in [3.8, 4) is 11.3 Å². The van der Waals surface area contributed by atoms with E-state index < -0.39 is 17.7 Å². The number of hydrogen-bond donors (Lipinski definition) is 3. The van der Waals surface area contributed by atoms with Crippen LogP contribution in [0.2, 0.25) is 0 Å². The standard InChI is InChI=1S/C23H31N3O4/c1-23(2,3)30-22(29)26-19(15-7-5-4-6-8-15)14-20-17(21(27)28)13-18(25-20)16-9-11-24-12-10-16/h9-13,15,19,25H,4-8,14H2,1-3H3,(H,26,29)(H,27,28). The molecule has 162 valence electrons. The molecule has 2 heterocycles. The Morgan fingerprint density at radius 1 is 1.23 bits per heavy atom. The van der Waals surface area contributed by atoms with Crippen molar-refractivity contribution in [1.29, 1.82) is 0 Å². The Morgan fingerprint density at radius 3 is 2.50 bits per heavy atom. The monoisotopic (exact) mass is 413 g/mol. The molecule has 3 rings (SSSR count). The Morgan fingerprint density at radius 2 is 1.90 bits per heavy atom. The topological polar surface area (TPSA) is 104 Å². The molecule has 0 bridgehead atoms. The molecule has 30 heavy (non-hydrogen) atoms. The van der Waals surface area contributed by atoms with Crippen LogP contribution in [0, 0.1) is 5.92 Å². The molecule has 3 N–H and O–H groups in total. The number of alkyl carbamates (subject to hydrolysis) is 1. The van der Waals surface area contributed by atoms with E-state index in [1.807, 2.05) is 32.9 Å². The van der Waals surface area contributed by atoms with Gasteiger partial charge in [0.1, 0.15) is 5.60 Å². The number of nitrogens with one attached hydrogen (secondary N) is 2. The molecule has 0 saturated heterocycles. The van der Waals surface area contributed by atoms with Crippen molar-refractivity contribution >= 4 is 12.1 Å². The van der Waals surface area contributed by atoms with E-state index in [0.717, 1.165) is 36.9 Å². The summed E-state index contributed by atoms with van der Waals surface area (Å²) in [6.45, 7) is 5.49. The number of nitrogens with zero attached hydrogens (tertiary/aromatic N) is 1. The van der Waals surface area contributed by atoms with Crippen molar-refractivity contribution in [1.82, 2.24) is 15.3 Å². The Labute approximate surface area is 177 Å². The first-order valence-electron chi connectivity index (χ1n) is 10.6. The lowest BCUT2D eigenvalue weighted by Gasteiger charge is -2.32. The number of H-pyrrole nitrogens is 1. The molecule has 1 atom stereocenters. The third-order valence-corrected chi connectivity index (χ3v) is 5.47. The first kappa shape index (κ1) is 21.9. The molecule has 7 heteroatoms. The minimum Gasteiger partial charge on any atom is -0.478 e. The highest BCUT2D eigenvalue weighted by Crippen LogP contribution is 2.30. The molecule has 1 aliphatic carbocycles. The van der Waals surface area contributed by atoms with Gasteiger partial charge in [-0.15, -0.1) is 0 Å². The maximum absolute atomic E-state index is 12.5. The van der Waals surface area contributed by atoms with Gasteiger partial charge in [0.2, 0.25) is 0 Å². The maximum Gasteiger partial charge on any atom is 0.407 e. The van der Waals surface area contributed by atoms with Crippen LogP contribution < -0.4 is 5.32 Å². The summed E-state index contributed by atoms with van der Waals surface area (Å²) >= 11 is 0. The van der Waals surface area contributed by atoms with Crippen molar-refractivity contribution in [2.24, 2.45) is 5.92 Å². The van der Waals surface area contributed by atoms with Gasteiger partial charge < -0.3 is 20.1 Å². The molecular weight excluding hydrogens is 382 g/mol. The zero-order valence-electron chi connectivity index (χ0n) is 17.9. The summed E-state index contributed by atoms with van der Waals surface area (Å²) in [4.78, 5) is 31.7. The summed E-state index contributed by atoms with van der Waals surface area (Å²) in [7, 11) is 0. The SMILES string of the molecule is CC(C)(C)OC(=O)NC(Cc1[nH]c(-c2ccncc2)cc1C(=O)O)C1CCCCC1. The van der Waals surface area contributed by atoms with Crippen molar-refractivity contribution < 1.29 is 19.4 Å². The Kier molecular flexibility index (Phi) is 6.80. The molecule has 0 spiro atoms. The van der Waals surface area contributed by atoms with Gasteiger partial charge >= 0.3 is 12.1 Å². The van der Waals surface area contributed by atoms with Gasteiger partial charge in [-0.2, -0.15) is 0 Å². The molecule has 1 fully saturated rings. The number of pyridine rings is 1. The van der Waals surface area contributed by atoms with Crippen molar-refractivity contribution in [2.75, 3.05) is 0 Å². The lowest BCUT2D eigenvalue weighted by molar-refractivity contribution is 0.0476. The third kappa shape index (κ3) is 5.84. The van der Waals surface area contributed by atoms with Gasteiger partial charge in [0.15, 0.2) is 0 Å². The smallest absolute Gasteiger partial charge is 0.407 e. The van der Waals surface area contributed by atoms with Crippen LogP contribution in [0.25, 0.3) is 11.3 Å². The summed E-state index contributed by atoms with van der Waals surface area (Å²) in [6.07, 6.45) is 8.77. The average Bonchev–Trinajstić information content (AvgIpc) is 3.12. The van der Waals surface area contributed by atoms with Gasteiger partial charge in [-0.25, -0.2) is 9.59 Å². The molecule has 1 aliphatic rings. The van der Waals surface area contributed by atoms with Gasteiger partial charge in [-0.3, -0.25) is 4.98 Å². The van der Waals surface area contributed by atoms with E-state index in [1.54, 1.807) is 18.5 Å². The molecule has 7 nitrogen and oxygen atoms in total. The second-order valence-electron chi connectivity index (χ2n) is 8.97. The molecule has 2 aromatic rings. The molecule has 1 amide bonds. The molecular formula is C23H31N3O4. The van der Waals surface area contributed by atoms with Crippen LogP contribution in [0.15, 0.2) is 30.6 Å². The largest absolute Gasteiger partial charge is 0.478 e. The molecule has 2 aromatic heterocycles. The minimum absolute atomic E-state index is 0.192. The first-order chi connectivity index (χ1) is 14.2. The van der Waals surface area contributed by atoms with Gasteiger partial charge in [-0.1, -0.05) is 19.3 Å². The Bertz CT molecular complexity index is 864. The van der Waals surface area contributed by atoms with E-state index in [2.05, 4.69) is 15.3 Å². The number of hydrogen-bond acceptors (Lipinski definition) is 4. The van der Waals surface area contributed by atoms with E-state index in [0.29, 0.717) is 18.0 Å². The molecule has 0 aromatic carbocycles. The fraction of sp³-hybridized carbons (Fsp3) is 0.522. The van der Waals surface area contributed by atoms with Crippen LogP contribution >= 0.6 is 0 Å². The summed E-state index contributed by atoms with van der Waals surface area (Å²) in [5, 5.41) is 12.8. The van der Waals surface area contributed by atoms with Gasteiger partial charge in [0, 0.05) is 41.8 Å². The predicted molar refractivity (Wildman–Crippen MR) is 114 cm³/mol. The summed E-state index contributed by atoms with van der Waals surface area (Å²) in [5.74, 6) is -0.693. The number of aromatic nitrogens is 2. The number of carboxylic acids is 1. The predicted octanol–water partition coefficient (Wildman–Crippen LogP) is 4.79. The number of aromatic amines is 1. The van der Waals surface area contributed by atoms with Crippen LogP contribution in [0.5, 0.6) is 0 Å². The van der Waals surface area contributed by atoms with E-state index >= 15 is 0 Å². The number of carboxylic acid groups (broad SMARTS) is 1. The van der Waals surface area contributed by atoms with E-state index in [-0.39, 0.29) is 11.6 Å². The van der Waals surface area contributed by atoms with Crippen LogP contribution in [0.4, 0.5) is 4.79 Å². The van der Waals surface area contributed by atoms with Crippen LogP contribution in [0.1, 0.15) is 68.9 Å². The summed E-state index contributed by atoms with van der Waals surface area (Å²) in [6, 6.07) is 5.12. The van der Waals surface area contributed by atoms with E-state index in [1.165, 1.54) is 6.42 Å². The van der Waals surface area contributed by atoms with Crippen LogP contribution in [-0.4, -0.2) is 38.8 Å². The number of rotatable bonds is 6. The van der Waals surface area contributed by atoms with Gasteiger partial charge in [-0.05, 0) is 57.7 Å². The van der Waals surface area contributed by atoms with Crippen LogP contribution in [0.3, 0.4) is 0 Å². The number of ether oxygens (including phenoxy) is 1. The normalized spacial score (nSPS) is 16.1. The van der Waals surface area contributed by atoms with E-state index in [9.17, 15) is 14.7 Å². The molecule has 0 radical (unpaired) electrons. The highest BCUT2D eigenvalue weighted by molar-refractivity contribution is 5.91. The third-order valence-electron chi connectivity index (χ3n) is 5.47. The van der Waals surface area contributed by atoms with Gasteiger partial charge in [0.25, 0.3) is 0 Å².